The van der Waals surface area contributed by atoms with Crippen LogP contribution in [0.15, 0.2) is 28.1 Å². The average molecular weight is 349 g/mol. The fourth-order valence-electron chi connectivity index (χ4n) is 1.79. The Bertz CT molecular complexity index is 591. The number of nitrogens with two attached hydrogens (primary N) is 1. The molecular formula is C12H11BrF2N2OS. The van der Waals surface area contributed by atoms with Gasteiger partial charge < -0.3 is 4.74 Å². The van der Waals surface area contributed by atoms with Crippen LogP contribution in [0.25, 0.3) is 0 Å². The molecule has 1 aromatic heterocycles. The van der Waals surface area contributed by atoms with Crippen LogP contribution in [0.4, 0.5) is 8.78 Å². The minimum atomic E-state index is -0.813. The topological polar surface area (TPSA) is 47.3 Å². The smallest absolute Gasteiger partial charge is 0.145 e. The first-order valence-electron chi connectivity index (χ1n) is 5.31. The molecule has 3 N–H and O–H groups in total. The quantitative estimate of drug-likeness (QED) is 0.506. The summed E-state index contributed by atoms with van der Waals surface area (Å²) in [6, 6.07) is 3.41. The first kappa shape index (κ1) is 14.4. The van der Waals surface area contributed by atoms with E-state index in [1.807, 2.05) is 0 Å². The molecule has 0 aliphatic carbocycles. The minimum Gasteiger partial charge on any atom is -0.496 e. The predicted molar refractivity (Wildman–Crippen MR) is 74.1 cm³/mol. The highest BCUT2D eigenvalue weighted by atomic mass is 79.9. The van der Waals surface area contributed by atoms with Gasteiger partial charge in [0.1, 0.15) is 17.4 Å². The molecule has 0 saturated heterocycles. The molecule has 0 aliphatic rings. The summed E-state index contributed by atoms with van der Waals surface area (Å²) in [5.74, 6) is 4.64. The summed E-state index contributed by atoms with van der Waals surface area (Å²) in [6.07, 6.45) is 0. The molecule has 0 radical (unpaired) electrons. The van der Waals surface area contributed by atoms with E-state index in [2.05, 4.69) is 21.4 Å². The molecule has 3 nitrogen and oxygen atoms in total. The van der Waals surface area contributed by atoms with Crippen LogP contribution in [0.3, 0.4) is 0 Å². The van der Waals surface area contributed by atoms with Crippen molar-refractivity contribution in [3.63, 3.8) is 0 Å². The molecule has 0 fully saturated rings. The van der Waals surface area contributed by atoms with Gasteiger partial charge in [-0.3, -0.25) is 5.84 Å². The lowest BCUT2D eigenvalue weighted by Crippen LogP contribution is -2.30. The maximum atomic E-state index is 14.1. The number of benzene rings is 1. The van der Waals surface area contributed by atoms with Gasteiger partial charge in [-0.2, -0.15) is 0 Å². The van der Waals surface area contributed by atoms with Crippen molar-refractivity contribution in [3.05, 3.63) is 50.1 Å². The average Bonchev–Trinajstić information content (AvgIpc) is 2.87. The summed E-state index contributed by atoms with van der Waals surface area (Å²) in [5, 5.41) is 1.77. The molecule has 0 bridgehead atoms. The van der Waals surface area contributed by atoms with Crippen LogP contribution in [0.2, 0.25) is 0 Å². The Morgan fingerprint density at radius 3 is 2.74 bits per heavy atom. The summed E-state index contributed by atoms with van der Waals surface area (Å²) < 4.78 is 33.3. The van der Waals surface area contributed by atoms with Gasteiger partial charge in [0.15, 0.2) is 0 Å². The Balaban J connectivity index is 2.58. The van der Waals surface area contributed by atoms with E-state index < -0.39 is 17.7 Å². The van der Waals surface area contributed by atoms with Gasteiger partial charge in [-0.1, -0.05) is 0 Å². The normalized spacial score (nSPS) is 12.5. The van der Waals surface area contributed by atoms with Gasteiger partial charge in [0.05, 0.1) is 22.5 Å². The lowest BCUT2D eigenvalue weighted by Gasteiger charge is -2.18. The van der Waals surface area contributed by atoms with Crippen LogP contribution in [0.5, 0.6) is 5.75 Å². The van der Waals surface area contributed by atoms with Gasteiger partial charge in [0.25, 0.3) is 0 Å². The molecule has 1 unspecified atom stereocenters. The molecule has 0 amide bonds. The molecule has 102 valence electrons. The highest BCUT2D eigenvalue weighted by Gasteiger charge is 2.26. The number of hydrogen-bond donors (Lipinski definition) is 2. The molecule has 0 saturated carbocycles. The van der Waals surface area contributed by atoms with Crippen molar-refractivity contribution in [2.75, 3.05) is 7.11 Å². The summed E-state index contributed by atoms with van der Waals surface area (Å²) in [7, 11) is 1.49. The Hall–Kier alpha value is -1.02. The van der Waals surface area contributed by atoms with Crippen LogP contribution >= 0.6 is 27.3 Å². The zero-order valence-electron chi connectivity index (χ0n) is 9.91. The standard InChI is InChI=1S/C12H11BrF2N2OS/c1-18-8-4-5-19-12(8)11(17-16)9-7(14)3-2-6(13)10(9)15/h2-5,11,17H,16H2,1H3. The fourth-order valence-corrected chi connectivity index (χ4v) is 3.06. The lowest BCUT2D eigenvalue weighted by atomic mass is 10.0. The molecule has 2 rings (SSSR count). The van der Waals surface area contributed by atoms with E-state index >= 15 is 0 Å². The van der Waals surface area contributed by atoms with Gasteiger partial charge in [0, 0.05) is 5.56 Å². The SMILES string of the molecule is COc1ccsc1C(NN)c1c(F)ccc(Br)c1F. The third-order valence-electron chi connectivity index (χ3n) is 2.67. The minimum absolute atomic E-state index is 0.141. The molecule has 19 heavy (non-hydrogen) atoms. The first-order chi connectivity index (χ1) is 9.10. The van der Waals surface area contributed by atoms with Crippen molar-refractivity contribution >= 4 is 27.3 Å². The third-order valence-corrected chi connectivity index (χ3v) is 4.25. The summed E-state index contributed by atoms with van der Waals surface area (Å²) in [6.45, 7) is 0. The number of thiophene rings is 1. The number of hydrazine groups is 1. The number of hydrogen-bond acceptors (Lipinski definition) is 4. The van der Waals surface area contributed by atoms with E-state index in [9.17, 15) is 8.78 Å². The van der Waals surface area contributed by atoms with Gasteiger partial charge in [0.2, 0.25) is 0 Å². The van der Waals surface area contributed by atoms with Crippen molar-refractivity contribution in [3.8, 4) is 5.75 Å². The Labute approximate surface area is 121 Å². The number of halogens is 3. The van der Waals surface area contributed by atoms with E-state index in [0.717, 1.165) is 0 Å². The van der Waals surface area contributed by atoms with Crippen LogP contribution in [0, 0.1) is 11.6 Å². The molecule has 1 heterocycles. The van der Waals surface area contributed by atoms with Crippen LogP contribution in [0.1, 0.15) is 16.5 Å². The van der Waals surface area contributed by atoms with E-state index in [4.69, 9.17) is 10.6 Å². The van der Waals surface area contributed by atoms with Crippen LogP contribution in [-0.4, -0.2) is 7.11 Å². The lowest BCUT2D eigenvalue weighted by molar-refractivity contribution is 0.405. The van der Waals surface area contributed by atoms with E-state index in [1.165, 1.54) is 30.6 Å². The number of rotatable bonds is 4. The second-order valence-corrected chi connectivity index (χ2v) is 5.51. The zero-order valence-corrected chi connectivity index (χ0v) is 12.3. The molecule has 7 heteroatoms. The van der Waals surface area contributed by atoms with E-state index in [-0.39, 0.29) is 10.0 Å². The predicted octanol–water partition coefficient (Wildman–Crippen LogP) is 3.35. The molecule has 1 atom stereocenters. The molecule has 1 aromatic carbocycles. The highest BCUT2D eigenvalue weighted by Crippen LogP contribution is 2.37. The first-order valence-corrected chi connectivity index (χ1v) is 6.98. The maximum Gasteiger partial charge on any atom is 0.145 e. The van der Waals surface area contributed by atoms with Crippen LogP contribution < -0.4 is 16.0 Å². The van der Waals surface area contributed by atoms with Crippen LogP contribution in [-0.2, 0) is 0 Å². The van der Waals surface area contributed by atoms with Gasteiger partial charge in [-0.15, -0.1) is 11.3 Å². The fraction of sp³-hybridized carbons (Fsp3) is 0.167. The van der Waals surface area contributed by atoms with Crippen molar-refractivity contribution < 1.29 is 13.5 Å². The Morgan fingerprint density at radius 2 is 2.11 bits per heavy atom. The Kier molecular flexibility index (Phi) is 4.51. The highest BCUT2D eigenvalue weighted by molar-refractivity contribution is 9.10. The van der Waals surface area contributed by atoms with Gasteiger partial charge in [-0.05, 0) is 39.5 Å². The number of ether oxygens (including phenoxy) is 1. The largest absolute Gasteiger partial charge is 0.496 e. The van der Waals surface area contributed by atoms with Crippen molar-refractivity contribution in [2.24, 2.45) is 5.84 Å². The second kappa shape index (κ2) is 5.96. The van der Waals surface area contributed by atoms with Crippen molar-refractivity contribution in [1.82, 2.24) is 5.43 Å². The number of methoxy groups -OCH3 is 1. The summed E-state index contributed by atoms with van der Waals surface area (Å²) in [5.41, 5.74) is 2.29. The zero-order chi connectivity index (χ0) is 14.0. The monoisotopic (exact) mass is 348 g/mol. The van der Waals surface area contributed by atoms with E-state index in [0.29, 0.717) is 10.6 Å². The van der Waals surface area contributed by atoms with Gasteiger partial charge in [-0.25, -0.2) is 14.2 Å². The molecular weight excluding hydrogens is 338 g/mol. The summed E-state index contributed by atoms with van der Waals surface area (Å²) >= 11 is 4.35. The van der Waals surface area contributed by atoms with Crippen molar-refractivity contribution in [2.45, 2.75) is 6.04 Å². The maximum absolute atomic E-state index is 14.1. The summed E-state index contributed by atoms with van der Waals surface area (Å²) in [4.78, 5) is 0.612. The molecule has 0 spiro atoms. The number of nitrogens with one attached hydrogen (secondary N) is 1. The Morgan fingerprint density at radius 1 is 1.37 bits per heavy atom. The molecule has 2 aromatic rings. The second-order valence-electron chi connectivity index (χ2n) is 3.71. The van der Waals surface area contributed by atoms with Crippen molar-refractivity contribution in [1.29, 1.82) is 0 Å². The van der Waals surface area contributed by atoms with Gasteiger partial charge >= 0.3 is 0 Å². The third kappa shape index (κ3) is 2.64. The molecule has 0 aliphatic heterocycles. The van der Waals surface area contributed by atoms with E-state index in [1.54, 1.807) is 11.4 Å².